The van der Waals surface area contributed by atoms with E-state index in [4.69, 9.17) is 9.84 Å². The highest BCUT2D eigenvalue weighted by Crippen LogP contribution is 2.42. The number of para-hydroxylation sites is 2. The van der Waals surface area contributed by atoms with E-state index in [1.165, 1.54) is 19.1 Å². The van der Waals surface area contributed by atoms with E-state index in [1.54, 1.807) is 12.1 Å². The lowest BCUT2D eigenvalue weighted by Crippen LogP contribution is -2.76. The van der Waals surface area contributed by atoms with Crippen LogP contribution in [-0.2, 0) is 4.79 Å². The fraction of sp³-hybridized carbons (Fsp3) is 0.500. The fourth-order valence-electron chi connectivity index (χ4n) is 2.53. The largest absolute Gasteiger partial charge is 0.460 e. The summed E-state index contributed by atoms with van der Waals surface area (Å²) in [5.74, 6) is -1.43. The van der Waals surface area contributed by atoms with Gasteiger partial charge in [-0.3, -0.25) is 4.79 Å². The van der Waals surface area contributed by atoms with Gasteiger partial charge >= 0.3 is 0 Å². The van der Waals surface area contributed by atoms with Crippen molar-refractivity contribution in [1.29, 1.82) is 0 Å². The van der Waals surface area contributed by atoms with Crippen molar-refractivity contribution in [3.05, 3.63) is 24.3 Å². The number of ether oxygens (including phenoxy) is 1. The number of carbonyl (C=O) groups is 1. The van der Waals surface area contributed by atoms with Crippen LogP contribution in [0, 0.1) is 5.92 Å². The Hall–Kier alpha value is -1.71. The summed E-state index contributed by atoms with van der Waals surface area (Å²) < 4.78 is 5.21. The number of anilines is 1. The van der Waals surface area contributed by atoms with E-state index in [2.05, 4.69) is 5.32 Å². The van der Waals surface area contributed by atoms with Gasteiger partial charge in [-0.2, -0.15) is 0 Å². The van der Waals surface area contributed by atoms with Crippen molar-refractivity contribution in [2.24, 2.45) is 5.92 Å². The SMILES string of the molecule is CC(=O)Nc1ccccc1OC(O)C1(O)C(O)C(O)C1CO. The van der Waals surface area contributed by atoms with Gasteiger partial charge in [0.15, 0.2) is 5.60 Å². The van der Waals surface area contributed by atoms with Crippen LogP contribution in [0.5, 0.6) is 5.75 Å². The van der Waals surface area contributed by atoms with E-state index in [-0.39, 0.29) is 17.3 Å². The Morgan fingerprint density at radius 1 is 1.41 bits per heavy atom. The molecule has 1 amide bonds. The van der Waals surface area contributed by atoms with E-state index >= 15 is 0 Å². The topological polar surface area (TPSA) is 139 Å². The Bertz CT molecular complexity index is 552. The molecule has 8 nitrogen and oxygen atoms in total. The third-order valence-corrected chi connectivity index (χ3v) is 3.83. The minimum absolute atomic E-state index is 0.0731. The summed E-state index contributed by atoms with van der Waals surface area (Å²) in [6.45, 7) is 0.664. The molecule has 122 valence electrons. The maximum Gasteiger partial charge on any atom is 0.229 e. The number of benzene rings is 1. The highest BCUT2D eigenvalue weighted by Gasteiger charge is 2.65. The summed E-state index contributed by atoms with van der Waals surface area (Å²) in [6.07, 6.45) is -4.93. The molecule has 0 saturated heterocycles. The van der Waals surface area contributed by atoms with Crippen molar-refractivity contribution in [3.8, 4) is 5.75 Å². The molecule has 5 unspecified atom stereocenters. The van der Waals surface area contributed by atoms with E-state index in [0.717, 1.165) is 0 Å². The van der Waals surface area contributed by atoms with Crippen molar-refractivity contribution in [2.45, 2.75) is 31.0 Å². The zero-order valence-electron chi connectivity index (χ0n) is 11.9. The number of carbonyl (C=O) groups excluding carboxylic acids is 1. The van der Waals surface area contributed by atoms with E-state index in [0.29, 0.717) is 0 Å². The highest BCUT2D eigenvalue weighted by atomic mass is 16.6. The zero-order chi connectivity index (χ0) is 16.5. The minimum atomic E-state index is -2.21. The van der Waals surface area contributed by atoms with Gasteiger partial charge in [0.2, 0.25) is 12.2 Å². The summed E-state index contributed by atoms with van der Waals surface area (Å²) in [5, 5.41) is 51.2. The predicted molar refractivity (Wildman–Crippen MR) is 74.9 cm³/mol. The maximum absolute atomic E-state index is 11.1. The molecule has 0 bridgehead atoms. The lowest BCUT2D eigenvalue weighted by Gasteiger charge is -2.53. The molecule has 5 atom stereocenters. The van der Waals surface area contributed by atoms with Gasteiger partial charge in [0, 0.05) is 12.8 Å². The van der Waals surface area contributed by atoms with Crippen molar-refractivity contribution >= 4 is 11.6 Å². The first kappa shape index (κ1) is 16.7. The number of rotatable bonds is 5. The molecule has 0 heterocycles. The first-order valence-corrected chi connectivity index (χ1v) is 6.73. The Morgan fingerprint density at radius 2 is 2.05 bits per heavy atom. The second kappa shape index (κ2) is 6.19. The smallest absolute Gasteiger partial charge is 0.229 e. The summed E-state index contributed by atoms with van der Waals surface area (Å²) in [6, 6.07) is 6.21. The second-order valence-electron chi connectivity index (χ2n) is 5.26. The summed E-state index contributed by atoms with van der Waals surface area (Å²) in [5.41, 5.74) is -1.94. The molecule has 1 aliphatic carbocycles. The molecule has 22 heavy (non-hydrogen) atoms. The van der Waals surface area contributed by atoms with Gasteiger partial charge in [-0.25, -0.2) is 0 Å². The molecule has 8 heteroatoms. The van der Waals surface area contributed by atoms with Crippen LogP contribution in [-0.4, -0.2) is 62.1 Å². The van der Waals surface area contributed by atoms with Crippen molar-refractivity contribution in [3.63, 3.8) is 0 Å². The fourth-order valence-corrected chi connectivity index (χ4v) is 2.53. The molecule has 1 aromatic carbocycles. The first-order chi connectivity index (χ1) is 10.3. The summed E-state index contributed by atoms with van der Waals surface area (Å²) in [7, 11) is 0. The molecule has 1 aliphatic rings. The van der Waals surface area contributed by atoms with Crippen LogP contribution < -0.4 is 10.1 Å². The van der Waals surface area contributed by atoms with Crippen LogP contribution in [0.1, 0.15) is 6.92 Å². The minimum Gasteiger partial charge on any atom is -0.460 e. The van der Waals surface area contributed by atoms with Gasteiger partial charge < -0.3 is 35.6 Å². The summed E-state index contributed by atoms with van der Waals surface area (Å²) in [4.78, 5) is 11.1. The van der Waals surface area contributed by atoms with Crippen LogP contribution in [0.2, 0.25) is 0 Å². The van der Waals surface area contributed by atoms with Crippen molar-refractivity contribution in [2.75, 3.05) is 11.9 Å². The molecular formula is C14H19NO7. The molecule has 2 rings (SSSR count). The predicted octanol–water partition coefficient (Wildman–Crippen LogP) is -1.58. The second-order valence-corrected chi connectivity index (χ2v) is 5.26. The average Bonchev–Trinajstić information content (AvgIpc) is 2.48. The molecule has 1 fully saturated rings. The number of aliphatic hydroxyl groups is 5. The Morgan fingerprint density at radius 3 is 2.64 bits per heavy atom. The van der Waals surface area contributed by atoms with Gasteiger partial charge in [0.25, 0.3) is 0 Å². The molecular weight excluding hydrogens is 294 g/mol. The van der Waals surface area contributed by atoms with E-state index < -0.39 is 36.6 Å². The van der Waals surface area contributed by atoms with Crippen LogP contribution in [0.15, 0.2) is 24.3 Å². The lowest BCUT2D eigenvalue weighted by atomic mass is 9.64. The van der Waals surface area contributed by atoms with Gasteiger partial charge in [-0.05, 0) is 12.1 Å². The van der Waals surface area contributed by atoms with E-state index in [9.17, 15) is 25.2 Å². The molecule has 0 spiro atoms. The van der Waals surface area contributed by atoms with Crippen molar-refractivity contribution in [1.82, 2.24) is 0 Å². The Labute approximate surface area is 126 Å². The Balaban J connectivity index is 2.19. The average molecular weight is 313 g/mol. The molecule has 1 saturated carbocycles. The molecule has 1 aromatic rings. The van der Waals surface area contributed by atoms with Gasteiger partial charge in [0.1, 0.15) is 11.9 Å². The number of amides is 1. The number of aliphatic hydroxyl groups excluding tert-OH is 4. The van der Waals surface area contributed by atoms with Crippen LogP contribution in [0.3, 0.4) is 0 Å². The zero-order valence-corrected chi connectivity index (χ0v) is 11.9. The Kier molecular flexibility index (Phi) is 4.69. The van der Waals surface area contributed by atoms with Crippen LogP contribution >= 0.6 is 0 Å². The normalized spacial score (nSPS) is 32.0. The lowest BCUT2D eigenvalue weighted by molar-refractivity contribution is -0.331. The highest BCUT2D eigenvalue weighted by molar-refractivity contribution is 5.90. The van der Waals surface area contributed by atoms with Gasteiger partial charge in [0.05, 0.1) is 18.4 Å². The van der Waals surface area contributed by atoms with Crippen molar-refractivity contribution < 1.29 is 35.1 Å². The van der Waals surface area contributed by atoms with Gasteiger partial charge in [-0.1, -0.05) is 12.1 Å². The standard InChI is InChI=1S/C14H19NO7/c1-7(17)15-9-4-2-3-5-10(9)22-13(20)14(21)8(6-16)11(18)12(14)19/h2-5,8,11-13,16,18-21H,6H2,1H3,(H,15,17). The number of hydrogen-bond donors (Lipinski definition) is 6. The number of hydrogen-bond acceptors (Lipinski definition) is 7. The van der Waals surface area contributed by atoms with Crippen LogP contribution in [0.25, 0.3) is 0 Å². The van der Waals surface area contributed by atoms with Crippen LogP contribution in [0.4, 0.5) is 5.69 Å². The first-order valence-electron chi connectivity index (χ1n) is 6.73. The maximum atomic E-state index is 11.1. The number of nitrogens with one attached hydrogen (secondary N) is 1. The molecule has 6 N–H and O–H groups in total. The quantitative estimate of drug-likeness (QED) is 0.360. The molecule has 0 aromatic heterocycles. The van der Waals surface area contributed by atoms with Gasteiger partial charge in [-0.15, -0.1) is 0 Å². The molecule has 0 radical (unpaired) electrons. The third-order valence-electron chi connectivity index (χ3n) is 3.83. The monoisotopic (exact) mass is 313 g/mol. The third kappa shape index (κ3) is 2.67. The van der Waals surface area contributed by atoms with E-state index in [1.807, 2.05) is 0 Å². The summed E-state index contributed by atoms with van der Waals surface area (Å²) >= 11 is 0. The molecule has 0 aliphatic heterocycles.